The van der Waals surface area contributed by atoms with E-state index in [9.17, 15) is 26.3 Å². The van der Waals surface area contributed by atoms with Crippen LogP contribution < -0.4 is 4.90 Å². The highest BCUT2D eigenvalue weighted by Gasteiger charge is 2.41. The molecule has 1 heterocycles. The van der Waals surface area contributed by atoms with Gasteiger partial charge in [-0.05, 0) is 28.1 Å². The molecule has 0 aromatic heterocycles. The van der Waals surface area contributed by atoms with Crippen LogP contribution in [0.3, 0.4) is 0 Å². The molecule has 1 aromatic rings. The monoisotopic (exact) mass is 383 g/mol. The molecule has 0 bridgehead atoms. The lowest BCUT2D eigenvalue weighted by Crippen LogP contribution is -2.29. The van der Waals surface area contributed by atoms with E-state index in [4.69, 9.17) is 5.11 Å². The number of carboxylic acids is 1. The van der Waals surface area contributed by atoms with E-state index in [0.717, 1.165) is 11.0 Å². The van der Waals surface area contributed by atoms with E-state index < -0.39 is 51.7 Å². The number of carboxylic acid groups (broad SMARTS) is 1. The third-order valence-corrected chi connectivity index (χ3v) is 4.73. The summed E-state index contributed by atoms with van der Waals surface area (Å²) in [5.41, 5.74) is -0.716. The van der Waals surface area contributed by atoms with Gasteiger partial charge >= 0.3 is 16.2 Å². The quantitative estimate of drug-likeness (QED) is 0.801. The van der Waals surface area contributed by atoms with Crippen LogP contribution in [-0.2, 0) is 15.0 Å². The Morgan fingerprint density at radius 3 is 2.52 bits per heavy atom. The van der Waals surface area contributed by atoms with Crippen LogP contribution in [0.4, 0.5) is 14.0 Å². The number of nitrogens with zero attached hydrogens (tertiary/aromatic N) is 1. The van der Waals surface area contributed by atoms with E-state index >= 15 is 0 Å². The Morgan fingerprint density at radius 2 is 2.05 bits per heavy atom. The summed E-state index contributed by atoms with van der Waals surface area (Å²) >= 11 is 2.93. The molecule has 1 N–H and O–H groups in total. The summed E-state index contributed by atoms with van der Waals surface area (Å²) in [7, 11) is -4.93. The van der Waals surface area contributed by atoms with Gasteiger partial charge in [-0.3, -0.25) is 4.79 Å². The second-order valence-electron chi connectivity index (χ2n) is 4.39. The second kappa shape index (κ2) is 5.34. The number of hydrogen-bond donors (Lipinski definition) is 1. The van der Waals surface area contributed by atoms with Crippen LogP contribution in [0, 0.1) is 5.82 Å². The van der Waals surface area contributed by atoms with Gasteiger partial charge in [0.25, 0.3) is 0 Å². The molecular formula is C11H8BrF2NO5S. The van der Waals surface area contributed by atoms with Crippen LogP contribution in [0.1, 0.15) is 16.8 Å². The maximum absolute atomic E-state index is 13.3. The summed E-state index contributed by atoms with van der Waals surface area (Å²) in [6, 6.07) is 1.64. The van der Waals surface area contributed by atoms with Crippen LogP contribution in [-0.4, -0.2) is 37.2 Å². The molecule has 0 saturated carbocycles. The number of halogens is 3. The number of anilines is 1. The second-order valence-corrected chi connectivity index (χ2v) is 6.87. The summed E-state index contributed by atoms with van der Waals surface area (Å²) in [5, 5.41) is 7.50. The Balaban J connectivity index is 2.53. The van der Waals surface area contributed by atoms with Crippen molar-refractivity contribution in [3.63, 3.8) is 0 Å². The lowest BCUT2D eigenvalue weighted by Gasteiger charge is -2.20. The lowest BCUT2D eigenvalue weighted by atomic mass is 10.1. The molecule has 10 heteroatoms. The summed E-state index contributed by atoms with van der Waals surface area (Å²) in [6.07, 6.45) is -0.596. The minimum absolute atomic E-state index is 0.0369. The molecule has 1 aliphatic heterocycles. The molecular weight excluding hydrogens is 376 g/mol. The van der Waals surface area contributed by atoms with Crippen molar-refractivity contribution in [3.05, 3.63) is 28.0 Å². The van der Waals surface area contributed by atoms with E-state index in [2.05, 4.69) is 15.9 Å². The SMILES string of the molecule is O=C(O)c1cc(F)cc(Br)c1N1CC(S(=O)(=O)F)CC1=O. The molecule has 1 aromatic carbocycles. The number of carbonyl (C=O) groups excluding carboxylic acids is 1. The van der Waals surface area contributed by atoms with Crippen molar-refractivity contribution in [3.8, 4) is 0 Å². The van der Waals surface area contributed by atoms with Gasteiger partial charge in [0.2, 0.25) is 5.91 Å². The van der Waals surface area contributed by atoms with Gasteiger partial charge in [0.15, 0.2) is 0 Å². The average molecular weight is 384 g/mol. The molecule has 1 aliphatic rings. The fraction of sp³-hybridized carbons (Fsp3) is 0.273. The molecule has 0 radical (unpaired) electrons. The molecule has 114 valence electrons. The molecule has 2 rings (SSSR count). The zero-order valence-electron chi connectivity index (χ0n) is 10.2. The Bertz CT molecular complexity index is 736. The highest BCUT2D eigenvalue weighted by Crippen LogP contribution is 2.35. The van der Waals surface area contributed by atoms with Gasteiger partial charge in [0.05, 0.1) is 11.3 Å². The topological polar surface area (TPSA) is 91.8 Å². The van der Waals surface area contributed by atoms with E-state index in [-0.39, 0.29) is 10.2 Å². The first-order valence-corrected chi connectivity index (χ1v) is 7.81. The van der Waals surface area contributed by atoms with E-state index in [0.29, 0.717) is 6.07 Å². The molecule has 0 spiro atoms. The third kappa shape index (κ3) is 3.05. The van der Waals surface area contributed by atoms with Crippen molar-refractivity contribution in [2.24, 2.45) is 0 Å². The van der Waals surface area contributed by atoms with E-state index in [1.807, 2.05) is 0 Å². The van der Waals surface area contributed by atoms with Crippen molar-refractivity contribution in [2.45, 2.75) is 11.7 Å². The van der Waals surface area contributed by atoms with Crippen LogP contribution in [0.5, 0.6) is 0 Å². The number of rotatable bonds is 3. The molecule has 1 fully saturated rings. The minimum atomic E-state index is -4.93. The summed E-state index contributed by atoms with van der Waals surface area (Å²) in [6.45, 7) is -0.526. The fourth-order valence-corrected chi connectivity index (χ4v) is 3.40. The highest BCUT2D eigenvalue weighted by molar-refractivity contribution is 9.10. The maximum Gasteiger partial charge on any atom is 0.337 e. The largest absolute Gasteiger partial charge is 0.478 e. The number of amides is 1. The van der Waals surface area contributed by atoms with Crippen molar-refractivity contribution in [1.82, 2.24) is 0 Å². The molecule has 0 aliphatic carbocycles. The smallest absolute Gasteiger partial charge is 0.337 e. The van der Waals surface area contributed by atoms with E-state index in [1.165, 1.54) is 0 Å². The maximum atomic E-state index is 13.3. The van der Waals surface area contributed by atoms with Gasteiger partial charge in [0.1, 0.15) is 11.1 Å². The summed E-state index contributed by atoms with van der Waals surface area (Å²) in [5.74, 6) is -3.09. The first kappa shape index (κ1) is 15.8. The minimum Gasteiger partial charge on any atom is -0.478 e. The number of aromatic carboxylic acids is 1. The van der Waals surface area contributed by atoms with Gasteiger partial charge in [0, 0.05) is 17.4 Å². The molecule has 1 unspecified atom stereocenters. The zero-order valence-corrected chi connectivity index (χ0v) is 12.6. The van der Waals surface area contributed by atoms with Gasteiger partial charge in [-0.2, -0.15) is 8.42 Å². The molecule has 21 heavy (non-hydrogen) atoms. The van der Waals surface area contributed by atoms with Crippen molar-refractivity contribution in [2.75, 3.05) is 11.4 Å². The van der Waals surface area contributed by atoms with Crippen molar-refractivity contribution >= 4 is 43.7 Å². The number of carbonyl (C=O) groups is 2. The van der Waals surface area contributed by atoms with Crippen LogP contribution in [0.15, 0.2) is 16.6 Å². The van der Waals surface area contributed by atoms with Gasteiger partial charge in [-0.25, -0.2) is 9.18 Å². The van der Waals surface area contributed by atoms with Crippen LogP contribution >= 0.6 is 15.9 Å². The van der Waals surface area contributed by atoms with E-state index in [1.54, 1.807) is 0 Å². The average Bonchev–Trinajstić information content (AvgIpc) is 2.70. The van der Waals surface area contributed by atoms with Gasteiger partial charge in [-0.1, -0.05) is 0 Å². The number of benzene rings is 1. The highest BCUT2D eigenvalue weighted by atomic mass is 79.9. The molecule has 1 saturated heterocycles. The van der Waals surface area contributed by atoms with Crippen LogP contribution in [0.2, 0.25) is 0 Å². The molecule has 6 nitrogen and oxygen atoms in total. The normalized spacial score (nSPS) is 19.1. The fourth-order valence-electron chi connectivity index (χ4n) is 2.08. The Hall–Kier alpha value is -1.55. The third-order valence-electron chi connectivity index (χ3n) is 3.02. The lowest BCUT2D eigenvalue weighted by molar-refractivity contribution is -0.117. The number of hydrogen-bond acceptors (Lipinski definition) is 4. The zero-order chi connectivity index (χ0) is 15.9. The van der Waals surface area contributed by atoms with Crippen molar-refractivity contribution < 1.29 is 31.4 Å². The van der Waals surface area contributed by atoms with Crippen LogP contribution in [0.25, 0.3) is 0 Å². The summed E-state index contributed by atoms with van der Waals surface area (Å²) < 4.78 is 48.0. The predicted octanol–water partition coefficient (Wildman–Crippen LogP) is 1.69. The van der Waals surface area contributed by atoms with Crippen molar-refractivity contribution in [1.29, 1.82) is 0 Å². The Labute approximate surface area is 126 Å². The molecule has 1 atom stereocenters. The summed E-state index contributed by atoms with van der Waals surface area (Å²) in [4.78, 5) is 23.8. The first-order chi connectivity index (χ1) is 9.61. The first-order valence-electron chi connectivity index (χ1n) is 5.57. The van der Waals surface area contributed by atoms with Gasteiger partial charge in [-0.15, -0.1) is 3.89 Å². The Morgan fingerprint density at radius 1 is 1.43 bits per heavy atom. The Kier molecular flexibility index (Phi) is 4.02. The predicted molar refractivity (Wildman–Crippen MR) is 71.8 cm³/mol. The standard InChI is InChI=1S/C11H8BrF2NO5S/c12-8-2-5(13)1-7(11(17)18)10(8)15-4-6(3-9(15)16)21(14,19)20/h1-2,6H,3-4H2,(H,17,18). The van der Waals surface area contributed by atoms with Gasteiger partial charge < -0.3 is 10.0 Å². The molecule has 1 amide bonds.